The predicted molar refractivity (Wildman–Crippen MR) is 108 cm³/mol. The highest BCUT2D eigenvalue weighted by atomic mass is 16.5. The molecule has 2 saturated heterocycles. The molecule has 2 aromatic heterocycles. The van der Waals surface area contributed by atoms with E-state index >= 15 is 0 Å². The van der Waals surface area contributed by atoms with E-state index in [9.17, 15) is 9.59 Å². The summed E-state index contributed by atoms with van der Waals surface area (Å²) < 4.78 is 6.67. The first-order valence-electron chi connectivity index (χ1n) is 10.5. The first-order chi connectivity index (χ1) is 14.7. The van der Waals surface area contributed by atoms with E-state index in [0.717, 1.165) is 25.2 Å². The van der Waals surface area contributed by atoms with E-state index in [-0.39, 0.29) is 23.7 Å². The smallest absolute Gasteiger partial charge is 0.309 e. The molecule has 0 radical (unpaired) electrons. The van der Waals surface area contributed by atoms with Crippen LogP contribution in [0.15, 0.2) is 24.8 Å². The van der Waals surface area contributed by atoms with Crippen LogP contribution in [0.2, 0.25) is 0 Å². The van der Waals surface area contributed by atoms with Crippen molar-refractivity contribution in [3.05, 3.63) is 24.8 Å². The van der Waals surface area contributed by atoms with Crippen LogP contribution in [-0.4, -0.2) is 74.5 Å². The fourth-order valence-electron chi connectivity index (χ4n) is 4.18. The van der Waals surface area contributed by atoms with Crippen LogP contribution in [0, 0.1) is 11.8 Å². The van der Waals surface area contributed by atoms with Gasteiger partial charge in [-0.15, -0.1) is 10.2 Å². The summed E-state index contributed by atoms with van der Waals surface area (Å²) in [4.78, 5) is 32.9. The highest BCUT2D eigenvalue weighted by Gasteiger charge is 2.33. The number of carbonyl (C=O) groups is 2. The fraction of sp³-hybridized carbons (Fsp3) is 0.600. The van der Waals surface area contributed by atoms with Gasteiger partial charge in [0.2, 0.25) is 5.91 Å². The van der Waals surface area contributed by atoms with Crippen LogP contribution in [-0.2, 0) is 14.3 Å². The molecule has 1 amide bonds. The number of esters is 1. The first kappa shape index (κ1) is 20.2. The Balaban J connectivity index is 1.34. The van der Waals surface area contributed by atoms with Crippen molar-refractivity contribution in [3.63, 3.8) is 0 Å². The number of aromatic nitrogens is 5. The Morgan fingerprint density at radius 1 is 1.07 bits per heavy atom. The highest BCUT2D eigenvalue weighted by molar-refractivity contribution is 5.80. The number of nitrogens with zero attached hydrogens (tertiary/aromatic N) is 7. The lowest BCUT2D eigenvalue weighted by atomic mass is 9.93. The topological polar surface area (TPSA) is 106 Å². The van der Waals surface area contributed by atoms with Crippen molar-refractivity contribution in [1.82, 2.24) is 29.9 Å². The number of hydrogen-bond acceptors (Lipinski definition) is 8. The van der Waals surface area contributed by atoms with Crippen LogP contribution >= 0.6 is 0 Å². The lowest BCUT2D eigenvalue weighted by Gasteiger charge is -2.37. The lowest BCUT2D eigenvalue weighted by Crippen LogP contribution is -2.48. The Morgan fingerprint density at radius 2 is 1.83 bits per heavy atom. The van der Waals surface area contributed by atoms with Crippen LogP contribution in [0.3, 0.4) is 0 Å². The molecule has 2 aliphatic heterocycles. The number of anilines is 1. The average Bonchev–Trinajstić information content (AvgIpc) is 3.34. The molecule has 0 N–H and O–H groups in total. The number of amides is 1. The summed E-state index contributed by atoms with van der Waals surface area (Å²) in [5.74, 6) is 1.25. The summed E-state index contributed by atoms with van der Waals surface area (Å²) in [5, 5.41) is 12.6. The van der Waals surface area contributed by atoms with Crippen LogP contribution in [0.25, 0.3) is 5.82 Å². The van der Waals surface area contributed by atoms with Crippen LogP contribution in [0.1, 0.15) is 32.6 Å². The molecule has 1 atom stereocenters. The molecule has 0 aromatic carbocycles. The third kappa shape index (κ3) is 4.42. The minimum absolute atomic E-state index is 0.0605. The monoisotopic (exact) mass is 413 g/mol. The standard InChI is InChI=1S/C20H27N7O3/c1-2-30-20(29)15-7-10-25(11-8-15)19(28)16-4-3-9-26(12-16)17-5-6-18(24-23-17)27-14-21-13-22-27/h5-6,13-16H,2-4,7-12H2,1H3. The van der Waals surface area contributed by atoms with Gasteiger partial charge in [0, 0.05) is 26.2 Å². The van der Waals surface area contributed by atoms with E-state index in [2.05, 4.69) is 25.2 Å². The van der Waals surface area contributed by atoms with E-state index in [1.54, 1.807) is 11.0 Å². The second-order valence-corrected chi connectivity index (χ2v) is 7.73. The van der Waals surface area contributed by atoms with Crippen LogP contribution in [0.5, 0.6) is 0 Å². The largest absolute Gasteiger partial charge is 0.466 e. The van der Waals surface area contributed by atoms with Gasteiger partial charge < -0.3 is 14.5 Å². The SMILES string of the molecule is CCOC(=O)C1CCN(C(=O)C2CCCN(c3ccc(-n4cncn4)nn3)C2)CC1. The molecule has 30 heavy (non-hydrogen) atoms. The minimum Gasteiger partial charge on any atom is -0.466 e. The molecule has 0 spiro atoms. The quantitative estimate of drug-likeness (QED) is 0.670. The summed E-state index contributed by atoms with van der Waals surface area (Å²) >= 11 is 0. The van der Waals surface area contributed by atoms with Crippen molar-refractivity contribution in [2.24, 2.45) is 11.8 Å². The Bertz CT molecular complexity index is 848. The molecule has 2 aliphatic rings. The Labute approximate surface area is 175 Å². The number of rotatable bonds is 5. The van der Waals surface area contributed by atoms with Crippen molar-refractivity contribution in [2.45, 2.75) is 32.6 Å². The Hall–Kier alpha value is -3.04. The number of hydrogen-bond donors (Lipinski definition) is 0. The highest BCUT2D eigenvalue weighted by Crippen LogP contribution is 2.26. The van der Waals surface area contributed by atoms with Crippen molar-refractivity contribution in [2.75, 3.05) is 37.7 Å². The third-order valence-corrected chi connectivity index (χ3v) is 5.81. The summed E-state index contributed by atoms with van der Waals surface area (Å²) in [6.07, 6.45) is 6.18. The average molecular weight is 413 g/mol. The van der Waals surface area contributed by atoms with Gasteiger partial charge in [-0.05, 0) is 44.7 Å². The zero-order valence-corrected chi connectivity index (χ0v) is 17.2. The van der Waals surface area contributed by atoms with Crippen molar-refractivity contribution in [3.8, 4) is 5.82 Å². The van der Waals surface area contributed by atoms with Gasteiger partial charge in [-0.2, -0.15) is 5.10 Å². The van der Waals surface area contributed by atoms with Crippen LogP contribution < -0.4 is 4.90 Å². The van der Waals surface area contributed by atoms with Gasteiger partial charge in [0.25, 0.3) is 0 Å². The zero-order chi connectivity index (χ0) is 20.9. The molecule has 10 heteroatoms. The summed E-state index contributed by atoms with van der Waals surface area (Å²) in [7, 11) is 0. The Kier molecular flexibility index (Phi) is 6.20. The number of ether oxygens (including phenoxy) is 1. The lowest BCUT2D eigenvalue weighted by molar-refractivity contribution is -0.151. The van der Waals surface area contributed by atoms with E-state index in [4.69, 9.17) is 4.74 Å². The van der Waals surface area contributed by atoms with E-state index in [1.165, 1.54) is 6.33 Å². The van der Waals surface area contributed by atoms with Crippen molar-refractivity contribution < 1.29 is 14.3 Å². The van der Waals surface area contributed by atoms with Crippen molar-refractivity contribution in [1.29, 1.82) is 0 Å². The zero-order valence-electron chi connectivity index (χ0n) is 17.2. The molecule has 0 saturated carbocycles. The fourth-order valence-corrected chi connectivity index (χ4v) is 4.18. The molecule has 4 rings (SSSR count). The minimum atomic E-state index is -0.138. The normalized spacial score (nSPS) is 20.2. The third-order valence-electron chi connectivity index (χ3n) is 5.81. The van der Waals surface area contributed by atoms with E-state index in [1.807, 2.05) is 24.0 Å². The van der Waals surface area contributed by atoms with Crippen LogP contribution in [0.4, 0.5) is 5.82 Å². The molecule has 0 aliphatic carbocycles. The summed E-state index contributed by atoms with van der Waals surface area (Å²) in [5.41, 5.74) is 0. The first-order valence-corrected chi connectivity index (χ1v) is 10.5. The molecule has 4 heterocycles. The van der Waals surface area contributed by atoms with Gasteiger partial charge in [-0.25, -0.2) is 9.67 Å². The van der Waals surface area contributed by atoms with Gasteiger partial charge in [0.1, 0.15) is 12.7 Å². The molecule has 0 bridgehead atoms. The van der Waals surface area contributed by atoms with Gasteiger partial charge in [-0.1, -0.05) is 0 Å². The van der Waals surface area contributed by atoms with Gasteiger partial charge >= 0.3 is 5.97 Å². The van der Waals surface area contributed by atoms with Crippen molar-refractivity contribution >= 4 is 17.7 Å². The maximum absolute atomic E-state index is 13.1. The molecular weight excluding hydrogens is 386 g/mol. The van der Waals surface area contributed by atoms with Gasteiger partial charge in [-0.3, -0.25) is 9.59 Å². The van der Waals surface area contributed by atoms with Gasteiger partial charge in [0.05, 0.1) is 18.4 Å². The van der Waals surface area contributed by atoms with E-state index in [0.29, 0.717) is 44.9 Å². The maximum Gasteiger partial charge on any atom is 0.309 e. The number of carbonyl (C=O) groups excluding carboxylic acids is 2. The molecule has 10 nitrogen and oxygen atoms in total. The maximum atomic E-state index is 13.1. The predicted octanol–water partition coefficient (Wildman–Crippen LogP) is 1.08. The molecule has 2 fully saturated rings. The molecular formula is C20H27N7O3. The number of likely N-dealkylation sites (tertiary alicyclic amines) is 1. The summed E-state index contributed by atoms with van der Waals surface area (Å²) in [6, 6.07) is 3.75. The van der Waals surface area contributed by atoms with E-state index < -0.39 is 0 Å². The Morgan fingerprint density at radius 3 is 2.50 bits per heavy atom. The second kappa shape index (κ2) is 9.19. The molecule has 1 unspecified atom stereocenters. The van der Waals surface area contributed by atoms with Gasteiger partial charge in [0.15, 0.2) is 11.6 Å². The second-order valence-electron chi connectivity index (χ2n) is 7.73. The number of piperidine rings is 2. The summed E-state index contributed by atoms with van der Waals surface area (Å²) in [6.45, 7) is 4.94. The molecule has 2 aromatic rings. The molecule has 160 valence electrons.